The number of nitrogens with zero attached hydrogens (tertiary/aromatic N) is 2. The lowest BCUT2D eigenvalue weighted by Crippen LogP contribution is -2.24. The van der Waals surface area contributed by atoms with Gasteiger partial charge in [0.15, 0.2) is 0 Å². The van der Waals surface area contributed by atoms with Crippen LogP contribution in [0.3, 0.4) is 0 Å². The third-order valence-corrected chi connectivity index (χ3v) is 2.85. The first-order valence-electron chi connectivity index (χ1n) is 4.83. The van der Waals surface area contributed by atoms with Crippen LogP contribution in [0, 0.1) is 5.82 Å². The summed E-state index contributed by atoms with van der Waals surface area (Å²) in [5.41, 5.74) is 11.7. The molecule has 0 aliphatic rings. The first kappa shape index (κ1) is 11.7. The van der Waals surface area contributed by atoms with Gasteiger partial charge in [0.25, 0.3) is 0 Å². The Kier molecular flexibility index (Phi) is 2.66. The smallest absolute Gasteiger partial charge is 0.240 e. The summed E-state index contributed by atoms with van der Waals surface area (Å²) < 4.78 is 14.7. The maximum atomic E-state index is 13.4. The number of primary amides is 1. The molecule has 1 amide bonds. The van der Waals surface area contributed by atoms with Crippen LogP contribution in [0.1, 0.15) is 13.0 Å². The molecule has 5 nitrogen and oxygen atoms in total. The highest BCUT2D eigenvalue weighted by molar-refractivity contribution is 6.31. The Hall–Kier alpha value is -1.82. The molecule has 7 heteroatoms. The number of hydrogen-bond acceptors (Lipinski definition) is 3. The number of nitrogens with two attached hydrogens (primary N) is 2. The molecule has 90 valence electrons. The summed E-state index contributed by atoms with van der Waals surface area (Å²) in [5, 5.41) is -0.0473. The molecule has 0 spiro atoms. The van der Waals surface area contributed by atoms with E-state index in [1.54, 1.807) is 6.92 Å². The monoisotopic (exact) mass is 256 g/mol. The van der Waals surface area contributed by atoms with E-state index in [2.05, 4.69) is 4.98 Å². The molecule has 0 saturated heterocycles. The number of carbonyl (C=O) groups excluding carboxylic acids is 1. The third kappa shape index (κ3) is 1.80. The summed E-state index contributed by atoms with van der Waals surface area (Å²) >= 11 is 5.63. The number of benzene rings is 1. The van der Waals surface area contributed by atoms with E-state index in [1.807, 2.05) is 0 Å². The minimum atomic E-state index is -0.708. The van der Waals surface area contributed by atoms with Gasteiger partial charge >= 0.3 is 0 Å². The molecular formula is C10H10ClFN4O. The highest BCUT2D eigenvalue weighted by Crippen LogP contribution is 2.27. The normalized spacial score (nSPS) is 12.9. The maximum Gasteiger partial charge on any atom is 0.240 e. The molecule has 1 aromatic heterocycles. The molecule has 17 heavy (non-hydrogen) atoms. The average Bonchev–Trinajstić information content (AvgIpc) is 2.53. The van der Waals surface area contributed by atoms with Gasteiger partial charge in [-0.15, -0.1) is 0 Å². The Morgan fingerprint density at radius 1 is 1.59 bits per heavy atom. The van der Waals surface area contributed by atoms with Crippen LogP contribution in [0.15, 0.2) is 12.1 Å². The lowest BCUT2D eigenvalue weighted by atomic mass is 10.2. The molecule has 1 heterocycles. The summed E-state index contributed by atoms with van der Waals surface area (Å²) in [6, 6.07) is 1.83. The van der Waals surface area contributed by atoms with Gasteiger partial charge < -0.3 is 11.5 Å². The summed E-state index contributed by atoms with van der Waals surface area (Å²) in [6.45, 7) is 1.56. The molecule has 4 N–H and O–H groups in total. The number of hydrogen-bond donors (Lipinski definition) is 2. The Balaban J connectivity index is 2.75. The minimum absolute atomic E-state index is 0.0473. The van der Waals surface area contributed by atoms with Gasteiger partial charge in [0.2, 0.25) is 11.9 Å². The highest BCUT2D eigenvalue weighted by atomic mass is 35.5. The van der Waals surface area contributed by atoms with Crippen molar-refractivity contribution in [3.05, 3.63) is 23.0 Å². The van der Waals surface area contributed by atoms with Crippen molar-refractivity contribution in [3.63, 3.8) is 0 Å². The van der Waals surface area contributed by atoms with Crippen LogP contribution >= 0.6 is 11.6 Å². The van der Waals surface area contributed by atoms with Crippen molar-refractivity contribution in [2.24, 2.45) is 5.73 Å². The van der Waals surface area contributed by atoms with Crippen LogP contribution in [0.2, 0.25) is 5.02 Å². The predicted octanol–water partition coefficient (Wildman–Crippen LogP) is 1.46. The second-order valence-corrected chi connectivity index (χ2v) is 4.08. The molecule has 1 atom stereocenters. The number of carbonyl (C=O) groups is 1. The van der Waals surface area contributed by atoms with Gasteiger partial charge in [-0.2, -0.15) is 0 Å². The maximum absolute atomic E-state index is 13.4. The van der Waals surface area contributed by atoms with E-state index in [9.17, 15) is 9.18 Å². The van der Waals surface area contributed by atoms with E-state index in [-0.39, 0.29) is 11.0 Å². The van der Waals surface area contributed by atoms with Crippen LogP contribution < -0.4 is 11.5 Å². The Bertz CT molecular complexity index is 610. The number of anilines is 1. The van der Waals surface area contributed by atoms with Crippen molar-refractivity contribution in [3.8, 4) is 0 Å². The molecule has 0 bridgehead atoms. The fourth-order valence-electron chi connectivity index (χ4n) is 1.64. The van der Waals surface area contributed by atoms with Gasteiger partial charge in [-0.1, -0.05) is 11.6 Å². The van der Waals surface area contributed by atoms with Crippen LogP contribution in [0.5, 0.6) is 0 Å². The summed E-state index contributed by atoms with van der Waals surface area (Å²) in [5.74, 6) is -1.09. The number of nitrogen functional groups attached to an aromatic ring is 1. The molecule has 1 aromatic carbocycles. The number of fused-ring (bicyclic) bond motifs is 1. The number of amides is 1. The summed E-state index contributed by atoms with van der Waals surface area (Å²) in [4.78, 5) is 15.1. The first-order chi connectivity index (χ1) is 7.91. The van der Waals surface area contributed by atoms with Gasteiger partial charge in [0, 0.05) is 6.07 Å². The van der Waals surface area contributed by atoms with Crippen molar-refractivity contribution in [2.45, 2.75) is 13.0 Å². The molecule has 2 rings (SSSR count). The second kappa shape index (κ2) is 3.89. The Morgan fingerprint density at radius 3 is 2.82 bits per heavy atom. The van der Waals surface area contributed by atoms with Crippen molar-refractivity contribution in [2.75, 3.05) is 5.73 Å². The van der Waals surface area contributed by atoms with E-state index in [0.717, 1.165) is 0 Å². The Labute approximate surface area is 101 Å². The van der Waals surface area contributed by atoms with Gasteiger partial charge in [-0.25, -0.2) is 9.37 Å². The SMILES string of the molecule is CC(C(N)=O)n1c(N)nc2cc(Cl)c(F)cc21. The fraction of sp³-hybridized carbons (Fsp3) is 0.200. The van der Waals surface area contributed by atoms with E-state index < -0.39 is 17.8 Å². The lowest BCUT2D eigenvalue weighted by molar-refractivity contribution is -0.120. The van der Waals surface area contributed by atoms with Gasteiger partial charge in [0.1, 0.15) is 11.9 Å². The van der Waals surface area contributed by atoms with Crippen LogP contribution in [-0.4, -0.2) is 15.5 Å². The standard InChI is InChI=1S/C10H10ClFN4O/c1-4(9(13)17)16-8-3-6(12)5(11)2-7(8)15-10(16)14/h2-4H,1H3,(H2,13,17)(H2,14,15). The lowest BCUT2D eigenvalue weighted by Gasteiger charge is -2.12. The zero-order valence-corrected chi connectivity index (χ0v) is 9.70. The molecule has 0 fully saturated rings. The summed E-state index contributed by atoms with van der Waals surface area (Å²) in [6.07, 6.45) is 0. The van der Waals surface area contributed by atoms with Crippen LogP contribution in [0.4, 0.5) is 10.3 Å². The highest BCUT2D eigenvalue weighted by Gasteiger charge is 2.19. The molecule has 0 aliphatic carbocycles. The zero-order valence-electron chi connectivity index (χ0n) is 8.95. The van der Waals surface area contributed by atoms with Crippen molar-refractivity contribution in [1.82, 2.24) is 9.55 Å². The topological polar surface area (TPSA) is 86.9 Å². The molecule has 0 radical (unpaired) electrons. The van der Waals surface area contributed by atoms with Gasteiger partial charge in [-0.05, 0) is 13.0 Å². The van der Waals surface area contributed by atoms with E-state index in [0.29, 0.717) is 11.0 Å². The molecule has 0 aliphatic heterocycles. The van der Waals surface area contributed by atoms with E-state index >= 15 is 0 Å². The Morgan fingerprint density at radius 2 is 2.24 bits per heavy atom. The van der Waals surface area contributed by atoms with E-state index in [1.165, 1.54) is 16.7 Å². The second-order valence-electron chi connectivity index (χ2n) is 3.67. The molecule has 1 unspecified atom stereocenters. The first-order valence-corrected chi connectivity index (χ1v) is 5.21. The molecular weight excluding hydrogens is 247 g/mol. The average molecular weight is 257 g/mol. The van der Waals surface area contributed by atoms with Crippen molar-refractivity contribution in [1.29, 1.82) is 0 Å². The van der Waals surface area contributed by atoms with Crippen LogP contribution in [-0.2, 0) is 4.79 Å². The van der Waals surface area contributed by atoms with Gasteiger partial charge in [0.05, 0.1) is 16.1 Å². The number of aromatic nitrogens is 2. The predicted molar refractivity (Wildman–Crippen MR) is 63.0 cm³/mol. The minimum Gasteiger partial charge on any atom is -0.369 e. The van der Waals surface area contributed by atoms with E-state index in [4.69, 9.17) is 23.1 Å². The van der Waals surface area contributed by atoms with Crippen LogP contribution in [0.25, 0.3) is 11.0 Å². The fourth-order valence-corrected chi connectivity index (χ4v) is 1.80. The zero-order chi connectivity index (χ0) is 12.7. The third-order valence-electron chi connectivity index (χ3n) is 2.56. The van der Waals surface area contributed by atoms with Gasteiger partial charge in [-0.3, -0.25) is 9.36 Å². The number of halogens is 2. The summed E-state index contributed by atoms with van der Waals surface area (Å²) in [7, 11) is 0. The van der Waals surface area contributed by atoms with Crippen molar-refractivity contribution >= 4 is 34.5 Å². The molecule has 0 saturated carbocycles. The molecule has 2 aromatic rings. The van der Waals surface area contributed by atoms with Crippen molar-refractivity contribution < 1.29 is 9.18 Å². The number of rotatable bonds is 2. The quantitative estimate of drug-likeness (QED) is 0.853. The number of imidazole rings is 1. The largest absolute Gasteiger partial charge is 0.369 e.